The predicted octanol–water partition coefficient (Wildman–Crippen LogP) is 4.86. The first-order chi connectivity index (χ1) is 13.5. The monoisotopic (exact) mass is 395 g/mol. The zero-order chi connectivity index (χ0) is 19.7. The average molecular weight is 396 g/mol. The summed E-state index contributed by atoms with van der Waals surface area (Å²) in [5.74, 6) is 1.58. The molecule has 0 bridgehead atoms. The van der Waals surface area contributed by atoms with Gasteiger partial charge in [0, 0.05) is 30.4 Å². The number of carbonyl (C=O) groups is 1. The van der Waals surface area contributed by atoms with E-state index >= 15 is 0 Å². The molecule has 2 aromatic heterocycles. The molecular weight excluding hydrogens is 366 g/mol. The van der Waals surface area contributed by atoms with Crippen molar-refractivity contribution >= 4 is 38.4 Å². The third kappa shape index (κ3) is 4.36. The number of nitrogens with zero attached hydrogens (tertiary/aromatic N) is 2. The predicted molar refractivity (Wildman–Crippen MR) is 118 cm³/mol. The molecule has 0 unspecified atom stereocenters. The maximum Gasteiger partial charge on any atom is 0.261 e. The zero-order valence-electron chi connectivity index (χ0n) is 17.0. The standard InChI is InChI=1S/C23H29N3OS/c1-15-5-6-18-11-19-12-21(28-23(19)25-20(18)10-15)22(27)24-7-4-8-26-13-16(2)9-17(3)14-26/h5-6,10-12,16-17H,4,7-9,13-14H2,1-3H3,(H,24,27)/t16-,17-/m0/s1. The van der Waals surface area contributed by atoms with Gasteiger partial charge in [-0.3, -0.25) is 4.79 Å². The van der Waals surface area contributed by atoms with Crippen LogP contribution in [0.25, 0.3) is 21.1 Å². The van der Waals surface area contributed by atoms with Gasteiger partial charge in [-0.15, -0.1) is 11.3 Å². The molecule has 5 heteroatoms. The second-order valence-corrected chi connectivity index (χ2v) is 9.54. The van der Waals surface area contributed by atoms with E-state index in [2.05, 4.69) is 55.3 Å². The number of carbonyl (C=O) groups excluding carboxylic acids is 1. The van der Waals surface area contributed by atoms with Gasteiger partial charge in [-0.2, -0.15) is 0 Å². The molecule has 0 saturated carbocycles. The van der Waals surface area contributed by atoms with E-state index in [4.69, 9.17) is 4.98 Å². The van der Waals surface area contributed by atoms with E-state index in [9.17, 15) is 4.79 Å². The Kier molecular flexibility index (Phi) is 5.65. The van der Waals surface area contributed by atoms with Gasteiger partial charge in [0.05, 0.1) is 10.4 Å². The normalized spacial score (nSPS) is 20.7. The summed E-state index contributed by atoms with van der Waals surface area (Å²) in [6, 6.07) is 10.4. The lowest BCUT2D eigenvalue weighted by atomic mass is 9.92. The van der Waals surface area contributed by atoms with Gasteiger partial charge in [-0.05, 0) is 61.9 Å². The maximum absolute atomic E-state index is 12.6. The largest absolute Gasteiger partial charge is 0.351 e. The van der Waals surface area contributed by atoms with Crippen LogP contribution >= 0.6 is 11.3 Å². The Labute approximate surface area is 170 Å². The molecule has 1 aliphatic heterocycles. The molecule has 0 aliphatic carbocycles. The van der Waals surface area contributed by atoms with Crippen LogP contribution in [0.3, 0.4) is 0 Å². The number of pyridine rings is 1. The van der Waals surface area contributed by atoms with E-state index in [1.807, 2.05) is 6.07 Å². The number of likely N-dealkylation sites (tertiary alicyclic amines) is 1. The fourth-order valence-corrected chi connectivity index (χ4v) is 5.35. The van der Waals surface area contributed by atoms with Crippen LogP contribution in [0.1, 0.15) is 41.9 Å². The summed E-state index contributed by atoms with van der Waals surface area (Å²) in [5, 5.41) is 5.25. The highest BCUT2D eigenvalue weighted by molar-refractivity contribution is 7.20. The first-order valence-corrected chi connectivity index (χ1v) is 11.1. The molecule has 28 heavy (non-hydrogen) atoms. The summed E-state index contributed by atoms with van der Waals surface area (Å²) >= 11 is 1.48. The van der Waals surface area contributed by atoms with E-state index in [1.54, 1.807) is 0 Å². The summed E-state index contributed by atoms with van der Waals surface area (Å²) < 4.78 is 0. The smallest absolute Gasteiger partial charge is 0.261 e. The topological polar surface area (TPSA) is 45.2 Å². The number of aryl methyl sites for hydroxylation is 1. The number of fused-ring (bicyclic) bond motifs is 2. The second kappa shape index (κ2) is 8.18. The quantitative estimate of drug-likeness (QED) is 0.628. The number of nitrogens with one attached hydrogen (secondary N) is 1. The minimum atomic E-state index is 0.0172. The Morgan fingerprint density at radius 2 is 1.96 bits per heavy atom. The van der Waals surface area contributed by atoms with Crippen LogP contribution in [0, 0.1) is 18.8 Å². The highest BCUT2D eigenvalue weighted by Crippen LogP contribution is 2.28. The van der Waals surface area contributed by atoms with Crippen molar-refractivity contribution in [1.29, 1.82) is 0 Å². The molecule has 1 aliphatic rings. The Morgan fingerprint density at radius 1 is 1.18 bits per heavy atom. The van der Waals surface area contributed by atoms with E-state index in [-0.39, 0.29) is 5.91 Å². The van der Waals surface area contributed by atoms with Crippen molar-refractivity contribution in [3.8, 4) is 0 Å². The second-order valence-electron chi connectivity index (χ2n) is 8.50. The van der Waals surface area contributed by atoms with Gasteiger partial charge in [-0.1, -0.05) is 26.0 Å². The number of piperidine rings is 1. The maximum atomic E-state index is 12.6. The molecule has 2 atom stereocenters. The van der Waals surface area contributed by atoms with Gasteiger partial charge in [-0.25, -0.2) is 4.98 Å². The summed E-state index contributed by atoms with van der Waals surface area (Å²) in [4.78, 5) is 21.5. The molecule has 1 amide bonds. The zero-order valence-corrected chi connectivity index (χ0v) is 17.8. The summed E-state index contributed by atoms with van der Waals surface area (Å²) in [6.45, 7) is 10.9. The number of rotatable bonds is 5. The molecule has 1 saturated heterocycles. The van der Waals surface area contributed by atoms with Crippen molar-refractivity contribution in [3.63, 3.8) is 0 Å². The van der Waals surface area contributed by atoms with Crippen molar-refractivity contribution in [2.45, 2.75) is 33.6 Å². The van der Waals surface area contributed by atoms with Gasteiger partial charge in [0.25, 0.3) is 5.91 Å². The number of benzene rings is 1. The lowest BCUT2D eigenvalue weighted by Gasteiger charge is -2.34. The molecule has 1 aromatic carbocycles. The van der Waals surface area contributed by atoms with Gasteiger partial charge in [0.2, 0.25) is 0 Å². The molecule has 0 spiro atoms. The molecular formula is C23H29N3OS. The SMILES string of the molecule is Cc1ccc2cc3cc(C(=O)NCCCN4C[C@@H](C)C[C@H](C)C4)sc3nc2c1. The van der Waals surface area contributed by atoms with Crippen LogP contribution in [0.2, 0.25) is 0 Å². The van der Waals surface area contributed by atoms with Gasteiger partial charge in [0.1, 0.15) is 4.83 Å². The lowest BCUT2D eigenvalue weighted by Crippen LogP contribution is -2.40. The lowest BCUT2D eigenvalue weighted by molar-refractivity contribution is 0.0951. The summed E-state index contributed by atoms with van der Waals surface area (Å²) in [7, 11) is 0. The molecule has 1 N–H and O–H groups in total. The van der Waals surface area contributed by atoms with Crippen molar-refractivity contribution < 1.29 is 4.79 Å². The Hall–Kier alpha value is -1.98. The minimum absolute atomic E-state index is 0.0172. The Bertz CT molecular complexity index is 986. The molecule has 3 aromatic rings. The number of hydrogen-bond donors (Lipinski definition) is 1. The number of aromatic nitrogens is 1. The van der Waals surface area contributed by atoms with Crippen LogP contribution in [0.15, 0.2) is 30.3 Å². The number of amides is 1. The van der Waals surface area contributed by atoms with Crippen molar-refractivity contribution in [2.75, 3.05) is 26.2 Å². The third-order valence-electron chi connectivity index (χ3n) is 5.56. The molecule has 1 fully saturated rings. The summed E-state index contributed by atoms with van der Waals surface area (Å²) in [6.07, 6.45) is 2.33. The van der Waals surface area contributed by atoms with Crippen molar-refractivity contribution in [1.82, 2.24) is 15.2 Å². The molecule has 4 nitrogen and oxygen atoms in total. The first kappa shape index (κ1) is 19.3. The molecule has 3 heterocycles. The molecule has 148 valence electrons. The van der Waals surface area contributed by atoms with E-state index in [0.717, 1.165) is 57.3 Å². The van der Waals surface area contributed by atoms with Crippen LogP contribution in [0.5, 0.6) is 0 Å². The van der Waals surface area contributed by atoms with Crippen LogP contribution in [0.4, 0.5) is 0 Å². The highest BCUT2D eigenvalue weighted by Gasteiger charge is 2.21. The van der Waals surface area contributed by atoms with E-state index in [0.29, 0.717) is 0 Å². The molecule has 4 rings (SSSR count). The first-order valence-electron chi connectivity index (χ1n) is 10.3. The van der Waals surface area contributed by atoms with Crippen molar-refractivity contribution in [3.05, 3.63) is 40.8 Å². The van der Waals surface area contributed by atoms with Crippen LogP contribution in [-0.4, -0.2) is 42.0 Å². The summed E-state index contributed by atoms with van der Waals surface area (Å²) in [5.41, 5.74) is 2.19. The third-order valence-corrected chi connectivity index (χ3v) is 6.61. The average Bonchev–Trinajstić information content (AvgIpc) is 3.05. The number of thiophene rings is 1. The van der Waals surface area contributed by atoms with Gasteiger partial charge < -0.3 is 10.2 Å². The van der Waals surface area contributed by atoms with Gasteiger partial charge in [0.15, 0.2) is 0 Å². The fraction of sp³-hybridized carbons (Fsp3) is 0.478. The van der Waals surface area contributed by atoms with Crippen LogP contribution in [-0.2, 0) is 0 Å². The highest BCUT2D eigenvalue weighted by atomic mass is 32.1. The van der Waals surface area contributed by atoms with E-state index in [1.165, 1.54) is 36.4 Å². The molecule has 0 radical (unpaired) electrons. The van der Waals surface area contributed by atoms with Crippen molar-refractivity contribution in [2.24, 2.45) is 11.8 Å². The Morgan fingerprint density at radius 3 is 2.75 bits per heavy atom. The fourth-order valence-electron chi connectivity index (χ4n) is 4.41. The minimum Gasteiger partial charge on any atom is -0.351 e. The van der Waals surface area contributed by atoms with Crippen LogP contribution < -0.4 is 5.32 Å². The Balaban J connectivity index is 1.35. The number of hydrogen-bond acceptors (Lipinski definition) is 4. The van der Waals surface area contributed by atoms with E-state index < -0.39 is 0 Å². The van der Waals surface area contributed by atoms with Gasteiger partial charge >= 0.3 is 0 Å².